The monoisotopic (exact) mass is 365 g/mol. The maximum atomic E-state index is 11.7. The SMILES string of the molecule is COc1cccc(Cn2cc(/C=N\NC(=O)C(C)(C)O)c3ccccc32)c1. The number of benzene rings is 2. The largest absolute Gasteiger partial charge is 0.497 e. The molecule has 2 N–H and O–H groups in total. The number of aliphatic hydroxyl groups is 1. The van der Waals surface area contributed by atoms with Crippen LogP contribution in [-0.4, -0.2) is 34.5 Å². The van der Waals surface area contributed by atoms with Gasteiger partial charge < -0.3 is 14.4 Å². The van der Waals surface area contributed by atoms with Crippen LogP contribution in [0.2, 0.25) is 0 Å². The van der Waals surface area contributed by atoms with Crippen LogP contribution in [0.15, 0.2) is 59.8 Å². The van der Waals surface area contributed by atoms with Crippen molar-refractivity contribution in [2.75, 3.05) is 7.11 Å². The Kier molecular flexibility index (Phi) is 5.28. The summed E-state index contributed by atoms with van der Waals surface area (Å²) >= 11 is 0. The molecule has 0 fully saturated rings. The van der Waals surface area contributed by atoms with Crippen LogP contribution in [0.3, 0.4) is 0 Å². The molecule has 6 heteroatoms. The minimum atomic E-state index is -1.47. The quantitative estimate of drug-likeness (QED) is 0.521. The summed E-state index contributed by atoms with van der Waals surface area (Å²) in [5.41, 5.74) is 3.95. The summed E-state index contributed by atoms with van der Waals surface area (Å²) in [6, 6.07) is 15.9. The summed E-state index contributed by atoms with van der Waals surface area (Å²) in [7, 11) is 1.65. The lowest BCUT2D eigenvalue weighted by molar-refractivity contribution is -0.136. The van der Waals surface area contributed by atoms with Gasteiger partial charge in [0.2, 0.25) is 0 Å². The third-order valence-electron chi connectivity index (χ3n) is 4.23. The van der Waals surface area contributed by atoms with Crippen LogP contribution in [-0.2, 0) is 11.3 Å². The van der Waals surface area contributed by atoms with Gasteiger partial charge in [0, 0.05) is 29.2 Å². The zero-order valence-electron chi connectivity index (χ0n) is 15.6. The average molecular weight is 365 g/mol. The average Bonchev–Trinajstić information content (AvgIpc) is 2.99. The molecule has 3 aromatic rings. The number of para-hydroxylation sites is 1. The first-order valence-electron chi connectivity index (χ1n) is 8.65. The Bertz CT molecular complexity index is 984. The van der Waals surface area contributed by atoms with Gasteiger partial charge in [-0.25, -0.2) is 5.43 Å². The van der Waals surface area contributed by atoms with E-state index in [-0.39, 0.29) is 0 Å². The summed E-state index contributed by atoms with van der Waals surface area (Å²) in [5.74, 6) is 0.263. The van der Waals surface area contributed by atoms with Crippen LogP contribution in [0, 0.1) is 0 Å². The van der Waals surface area contributed by atoms with E-state index in [0.29, 0.717) is 6.54 Å². The molecule has 0 unspecified atom stereocenters. The highest BCUT2D eigenvalue weighted by Crippen LogP contribution is 2.22. The fraction of sp³-hybridized carbons (Fsp3) is 0.238. The molecule has 0 atom stereocenters. The van der Waals surface area contributed by atoms with Gasteiger partial charge in [0.25, 0.3) is 5.91 Å². The second-order valence-electron chi connectivity index (χ2n) is 6.84. The molecule has 0 bridgehead atoms. The van der Waals surface area contributed by atoms with E-state index in [1.165, 1.54) is 13.8 Å². The topological polar surface area (TPSA) is 75.8 Å². The van der Waals surface area contributed by atoms with E-state index < -0.39 is 11.5 Å². The molecular weight excluding hydrogens is 342 g/mol. The molecule has 0 aliphatic heterocycles. The van der Waals surface area contributed by atoms with E-state index in [0.717, 1.165) is 27.8 Å². The van der Waals surface area contributed by atoms with E-state index >= 15 is 0 Å². The second kappa shape index (κ2) is 7.63. The number of aromatic nitrogens is 1. The standard InChI is InChI=1S/C21H23N3O3/c1-21(2,26)20(25)23-22-12-16-14-24(19-10-5-4-9-18(16)19)13-15-7-6-8-17(11-15)27-3/h4-12,14,26H,13H2,1-3H3,(H,23,25)/b22-12-. The van der Waals surface area contributed by atoms with Crippen molar-refractivity contribution >= 4 is 23.0 Å². The number of amides is 1. The van der Waals surface area contributed by atoms with Crippen LogP contribution < -0.4 is 10.2 Å². The number of hydrazone groups is 1. The van der Waals surface area contributed by atoms with Crippen LogP contribution >= 0.6 is 0 Å². The lowest BCUT2D eigenvalue weighted by Gasteiger charge is -2.13. The van der Waals surface area contributed by atoms with Crippen molar-refractivity contribution in [3.05, 3.63) is 65.9 Å². The van der Waals surface area contributed by atoms with Crippen molar-refractivity contribution in [2.45, 2.75) is 26.0 Å². The molecular formula is C21H23N3O3. The molecule has 0 spiro atoms. The maximum Gasteiger partial charge on any atom is 0.271 e. The number of hydrogen-bond donors (Lipinski definition) is 2. The number of rotatable bonds is 6. The van der Waals surface area contributed by atoms with Gasteiger partial charge in [-0.3, -0.25) is 4.79 Å². The Morgan fingerprint density at radius 2 is 2.04 bits per heavy atom. The minimum Gasteiger partial charge on any atom is -0.497 e. The van der Waals surface area contributed by atoms with E-state index in [1.807, 2.05) is 48.7 Å². The van der Waals surface area contributed by atoms with E-state index in [1.54, 1.807) is 13.3 Å². The van der Waals surface area contributed by atoms with Gasteiger partial charge >= 0.3 is 0 Å². The zero-order chi connectivity index (χ0) is 19.4. The smallest absolute Gasteiger partial charge is 0.271 e. The Labute approximate surface area is 158 Å². The molecule has 1 aromatic heterocycles. The number of nitrogens with one attached hydrogen (secondary N) is 1. The first-order chi connectivity index (χ1) is 12.9. The number of nitrogens with zero attached hydrogens (tertiary/aromatic N) is 2. The van der Waals surface area contributed by atoms with Crippen LogP contribution in [0.5, 0.6) is 5.75 Å². The third kappa shape index (κ3) is 4.35. The highest BCUT2D eigenvalue weighted by molar-refractivity contribution is 5.99. The zero-order valence-corrected chi connectivity index (χ0v) is 15.6. The van der Waals surface area contributed by atoms with E-state index in [4.69, 9.17) is 4.74 Å². The van der Waals surface area contributed by atoms with Gasteiger partial charge in [-0.1, -0.05) is 30.3 Å². The number of carbonyl (C=O) groups is 1. The molecule has 0 aliphatic rings. The fourth-order valence-electron chi connectivity index (χ4n) is 2.77. The Morgan fingerprint density at radius 1 is 1.26 bits per heavy atom. The Morgan fingerprint density at radius 3 is 2.78 bits per heavy atom. The van der Waals surface area contributed by atoms with Crippen LogP contribution in [0.4, 0.5) is 0 Å². The molecule has 0 aliphatic carbocycles. The van der Waals surface area contributed by atoms with E-state index in [9.17, 15) is 9.90 Å². The van der Waals surface area contributed by atoms with Crippen molar-refractivity contribution in [1.29, 1.82) is 0 Å². The normalized spacial score (nSPS) is 11.9. The maximum absolute atomic E-state index is 11.7. The molecule has 1 amide bonds. The Balaban J connectivity index is 1.88. The molecule has 6 nitrogen and oxygen atoms in total. The predicted molar refractivity (Wildman–Crippen MR) is 106 cm³/mol. The molecule has 3 rings (SSSR count). The van der Waals surface area contributed by atoms with Gasteiger partial charge in [0.05, 0.1) is 13.3 Å². The molecule has 27 heavy (non-hydrogen) atoms. The van der Waals surface area contributed by atoms with Gasteiger partial charge in [0.1, 0.15) is 11.4 Å². The second-order valence-corrected chi connectivity index (χ2v) is 6.84. The number of hydrogen-bond acceptors (Lipinski definition) is 4. The van der Waals surface area contributed by atoms with Gasteiger partial charge in [-0.15, -0.1) is 0 Å². The lowest BCUT2D eigenvalue weighted by Crippen LogP contribution is -2.39. The molecule has 2 aromatic carbocycles. The van der Waals surface area contributed by atoms with Crippen LogP contribution in [0.1, 0.15) is 25.0 Å². The van der Waals surface area contributed by atoms with Crippen molar-refractivity contribution in [2.24, 2.45) is 5.10 Å². The highest BCUT2D eigenvalue weighted by atomic mass is 16.5. The first-order valence-corrected chi connectivity index (χ1v) is 8.65. The summed E-state index contributed by atoms with van der Waals surface area (Å²) in [6.45, 7) is 3.51. The van der Waals surface area contributed by atoms with Crippen molar-refractivity contribution < 1.29 is 14.6 Å². The molecule has 0 saturated heterocycles. The molecule has 0 radical (unpaired) electrons. The first kappa shape index (κ1) is 18.7. The number of methoxy groups -OCH3 is 1. The number of fused-ring (bicyclic) bond motifs is 1. The molecule has 1 heterocycles. The number of ether oxygens (including phenoxy) is 1. The van der Waals surface area contributed by atoms with Gasteiger partial charge in [0.15, 0.2) is 0 Å². The summed E-state index contributed by atoms with van der Waals surface area (Å²) in [6.07, 6.45) is 3.58. The Hall–Kier alpha value is -3.12. The molecule has 140 valence electrons. The molecule has 0 saturated carbocycles. The lowest BCUT2D eigenvalue weighted by atomic mass is 10.1. The van der Waals surface area contributed by atoms with E-state index in [2.05, 4.69) is 21.2 Å². The third-order valence-corrected chi connectivity index (χ3v) is 4.23. The van der Waals surface area contributed by atoms with Gasteiger partial charge in [-0.2, -0.15) is 5.10 Å². The highest BCUT2D eigenvalue weighted by Gasteiger charge is 2.23. The van der Waals surface area contributed by atoms with Crippen molar-refractivity contribution in [1.82, 2.24) is 9.99 Å². The predicted octanol–water partition coefficient (Wildman–Crippen LogP) is 2.92. The van der Waals surface area contributed by atoms with Crippen molar-refractivity contribution in [3.8, 4) is 5.75 Å². The fourth-order valence-corrected chi connectivity index (χ4v) is 2.77. The number of carbonyl (C=O) groups excluding carboxylic acids is 1. The summed E-state index contributed by atoms with van der Waals surface area (Å²) in [5, 5.41) is 14.7. The minimum absolute atomic E-state index is 0.557. The summed E-state index contributed by atoms with van der Waals surface area (Å²) in [4.78, 5) is 11.7. The van der Waals surface area contributed by atoms with Gasteiger partial charge in [-0.05, 0) is 37.6 Å². The summed E-state index contributed by atoms with van der Waals surface area (Å²) < 4.78 is 7.43. The van der Waals surface area contributed by atoms with Crippen molar-refractivity contribution in [3.63, 3.8) is 0 Å². The van der Waals surface area contributed by atoms with Crippen LogP contribution in [0.25, 0.3) is 10.9 Å².